The second-order valence-corrected chi connectivity index (χ2v) is 3.75. The molecule has 3 nitrogen and oxygen atoms in total. The van der Waals surface area contributed by atoms with Crippen LogP contribution in [0.15, 0.2) is 35.7 Å². The van der Waals surface area contributed by atoms with E-state index in [1.165, 1.54) is 6.08 Å². The van der Waals surface area contributed by atoms with Crippen molar-refractivity contribution in [3.8, 4) is 0 Å². The minimum Gasteiger partial charge on any atom is -1.00 e. The number of primary sulfonamides is 1. The third-order valence-corrected chi connectivity index (χ3v) is 1.77. The molecular formula is C8H10KNO2S. The molecule has 0 aromatic heterocycles. The standard InChI is InChI=1S/C8H9NO2S.K.H/c9-12(10,11)7-6-8-4-2-1-3-5-8;;/h1-7H,(H2,9,10,11);;/q;+1;-1/b7-6+;;. The molecule has 0 bridgehead atoms. The molecule has 1 rings (SSSR count). The minimum absolute atomic E-state index is 0. The normalized spacial score (nSPS) is 11.2. The van der Waals surface area contributed by atoms with Crippen LogP contribution in [0.4, 0.5) is 0 Å². The molecule has 0 amide bonds. The molecule has 0 heterocycles. The number of rotatable bonds is 2. The first-order valence-electron chi connectivity index (χ1n) is 3.34. The molecule has 0 aliphatic rings. The van der Waals surface area contributed by atoms with Gasteiger partial charge >= 0.3 is 51.4 Å². The summed E-state index contributed by atoms with van der Waals surface area (Å²) >= 11 is 0. The van der Waals surface area contributed by atoms with E-state index in [1.807, 2.05) is 18.2 Å². The zero-order valence-electron chi connectivity index (χ0n) is 8.34. The van der Waals surface area contributed by atoms with Gasteiger partial charge < -0.3 is 1.43 Å². The molecule has 5 heteroatoms. The Balaban J connectivity index is 0. The second kappa shape index (κ2) is 6.08. The number of hydrogen-bond acceptors (Lipinski definition) is 2. The van der Waals surface area contributed by atoms with Crippen molar-refractivity contribution in [2.75, 3.05) is 0 Å². The fourth-order valence-corrected chi connectivity index (χ4v) is 1.08. The average molecular weight is 223 g/mol. The SMILES string of the molecule is NS(=O)(=O)/C=C/c1ccccc1.[H-].[K+]. The maximum absolute atomic E-state index is 10.5. The summed E-state index contributed by atoms with van der Waals surface area (Å²) < 4.78 is 21.0. The van der Waals surface area contributed by atoms with Crippen LogP contribution in [-0.4, -0.2) is 8.42 Å². The Hall–Kier alpha value is 0.506. The molecule has 0 radical (unpaired) electrons. The van der Waals surface area contributed by atoms with Crippen LogP contribution in [-0.2, 0) is 10.0 Å². The van der Waals surface area contributed by atoms with Gasteiger partial charge in [-0.25, -0.2) is 13.6 Å². The van der Waals surface area contributed by atoms with Gasteiger partial charge in [0.25, 0.3) is 0 Å². The second-order valence-electron chi connectivity index (χ2n) is 2.30. The quantitative estimate of drug-likeness (QED) is 0.593. The van der Waals surface area contributed by atoms with Crippen LogP contribution in [0.2, 0.25) is 0 Å². The van der Waals surface area contributed by atoms with Gasteiger partial charge in [-0.1, -0.05) is 30.3 Å². The summed E-state index contributed by atoms with van der Waals surface area (Å²) in [4.78, 5) is 0. The third kappa shape index (κ3) is 6.56. The van der Waals surface area contributed by atoms with Crippen molar-refractivity contribution in [2.24, 2.45) is 5.14 Å². The van der Waals surface area contributed by atoms with Crippen molar-refractivity contribution < 1.29 is 61.2 Å². The van der Waals surface area contributed by atoms with Gasteiger partial charge in [-0.3, -0.25) is 0 Å². The Kier molecular flexibility index (Phi) is 6.31. The number of sulfonamides is 1. The van der Waals surface area contributed by atoms with Crippen molar-refractivity contribution in [2.45, 2.75) is 0 Å². The molecule has 1 aromatic carbocycles. The molecule has 0 aliphatic heterocycles. The molecule has 66 valence electrons. The van der Waals surface area contributed by atoms with Crippen LogP contribution >= 0.6 is 0 Å². The molecule has 0 spiro atoms. The van der Waals surface area contributed by atoms with E-state index in [4.69, 9.17) is 5.14 Å². The Morgan fingerprint density at radius 1 is 1.23 bits per heavy atom. The van der Waals surface area contributed by atoms with Gasteiger partial charge in [-0.15, -0.1) is 0 Å². The fraction of sp³-hybridized carbons (Fsp3) is 0. The van der Waals surface area contributed by atoms with Crippen molar-refractivity contribution >= 4 is 16.1 Å². The summed E-state index contributed by atoms with van der Waals surface area (Å²) in [6.07, 6.45) is 1.45. The molecule has 0 atom stereocenters. The fourth-order valence-electron chi connectivity index (χ4n) is 0.738. The predicted molar refractivity (Wildman–Crippen MR) is 49.7 cm³/mol. The van der Waals surface area contributed by atoms with E-state index in [9.17, 15) is 8.42 Å². The molecular weight excluding hydrogens is 213 g/mol. The molecule has 0 aliphatic carbocycles. The largest absolute Gasteiger partial charge is 1.00 e. The summed E-state index contributed by atoms with van der Waals surface area (Å²) in [5, 5.41) is 5.74. The van der Waals surface area contributed by atoms with Crippen molar-refractivity contribution in [3.05, 3.63) is 41.3 Å². The topological polar surface area (TPSA) is 60.2 Å². The molecule has 0 saturated heterocycles. The van der Waals surface area contributed by atoms with Gasteiger partial charge in [0.15, 0.2) is 0 Å². The minimum atomic E-state index is -3.50. The van der Waals surface area contributed by atoms with E-state index in [0.717, 1.165) is 11.0 Å². The third-order valence-electron chi connectivity index (χ3n) is 1.25. The first kappa shape index (κ1) is 13.5. The summed E-state index contributed by atoms with van der Waals surface area (Å²) in [6.45, 7) is 0. The zero-order valence-corrected chi connectivity index (χ0v) is 11.3. The Bertz CT molecular complexity index is 378. The predicted octanol–water partition coefficient (Wildman–Crippen LogP) is -1.94. The van der Waals surface area contributed by atoms with Crippen LogP contribution in [0.1, 0.15) is 6.99 Å². The van der Waals surface area contributed by atoms with E-state index in [2.05, 4.69) is 0 Å². The summed E-state index contributed by atoms with van der Waals surface area (Å²) in [7, 11) is -3.50. The van der Waals surface area contributed by atoms with Crippen LogP contribution in [0.5, 0.6) is 0 Å². The van der Waals surface area contributed by atoms with Crippen molar-refractivity contribution in [1.82, 2.24) is 0 Å². The van der Waals surface area contributed by atoms with E-state index in [-0.39, 0.29) is 52.8 Å². The van der Waals surface area contributed by atoms with Gasteiger partial charge in [0.05, 0.1) is 0 Å². The van der Waals surface area contributed by atoms with Crippen LogP contribution in [0.25, 0.3) is 6.08 Å². The van der Waals surface area contributed by atoms with Crippen molar-refractivity contribution in [1.29, 1.82) is 0 Å². The molecule has 0 fully saturated rings. The van der Waals surface area contributed by atoms with Gasteiger partial charge in [-0.05, 0) is 11.6 Å². The molecule has 1 aromatic rings. The van der Waals surface area contributed by atoms with Gasteiger partial charge in [-0.2, -0.15) is 0 Å². The van der Waals surface area contributed by atoms with E-state index in [1.54, 1.807) is 12.1 Å². The van der Waals surface area contributed by atoms with Gasteiger partial charge in [0.2, 0.25) is 10.0 Å². The summed E-state index contributed by atoms with van der Waals surface area (Å²) in [5.41, 5.74) is 0.812. The number of nitrogens with two attached hydrogens (primary N) is 1. The molecule has 0 saturated carbocycles. The first-order chi connectivity index (χ1) is 5.58. The Morgan fingerprint density at radius 3 is 2.23 bits per heavy atom. The number of hydrogen-bond donors (Lipinski definition) is 1. The Labute approximate surface area is 122 Å². The average Bonchev–Trinajstić information content (AvgIpc) is 2.02. The van der Waals surface area contributed by atoms with Crippen molar-refractivity contribution in [3.63, 3.8) is 0 Å². The van der Waals surface area contributed by atoms with Gasteiger partial charge in [0.1, 0.15) is 0 Å². The van der Waals surface area contributed by atoms with E-state index >= 15 is 0 Å². The Morgan fingerprint density at radius 2 is 1.77 bits per heavy atom. The molecule has 2 N–H and O–H groups in total. The summed E-state index contributed by atoms with van der Waals surface area (Å²) in [6, 6.07) is 9.09. The number of benzene rings is 1. The maximum atomic E-state index is 10.5. The van der Waals surface area contributed by atoms with E-state index in [0.29, 0.717) is 0 Å². The maximum Gasteiger partial charge on any atom is 1.00 e. The van der Waals surface area contributed by atoms with Crippen LogP contribution in [0.3, 0.4) is 0 Å². The zero-order chi connectivity index (χ0) is 9.03. The van der Waals surface area contributed by atoms with E-state index < -0.39 is 10.0 Å². The van der Waals surface area contributed by atoms with Crippen LogP contribution < -0.4 is 56.5 Å². The smallest absolute Gasteiger partial charge is 1.00 e. The first-order valence-corrected chi connectivity index (χ1v) is 4.95. The summed E-state index contributed by atoms with van der Waals surface area (Å²) in [5.74, 6) is 0. The monoisotopic (exact) mass is 223 g/mol. The van der Waals surface area contributed by atoms with Crippen LogP contribution in [0, 0.1) is 0 Å². The molecule has 0 unspecified atom stereocenters. The molecule has 13 heavy (non-hydrogen) atoms. The van der Waals surface area contributed by atoms with Gasteiger partial charge in [0, 0.05) is 5.41 Å².